The first-order chi connectivity index (χ1) is 53.0. The van der Waals surface area contributed by atoms with E-state index in [4.69, 9.17) is 33.7 Å². The second kappa shape index (κ2) is 71.2. The van der Waals surface area contributed by atoms with Crippen LogP contribution in [0.4, 0.5) is 0 Å². The van der Waals surface area contributed by atoms with Gasteiger partial charge in [-0.25, -0.2) is 15.2 Å². The van der Waals surface area contributed by atoms with Crippen molar-refractivity contribution in [2.24, 2.45) is 0 Å². The maximum absolute atomic E-state index is 10.5. The minimum Gasteiger partial charge on any atom is -0.496 e. The molecule has 32 heteroatoms. The molecule has 0 aliphatic carbocycles. The molecular formula is C86H172N8O21P2S. The molecule has 4 aromatic rings. The highest BCUT2D eigenvalue weighted by molar-refractivity contribution is 7.97. The van der Waals surface area contributed by atoms with Crippen LogP contribution in [0.2, 0.25) is 0 Å². The number of hydroxylamine groups is 6. The second-order valence-corrected chi connectivity index (χ2v) is 38.3. The summed E-state index contributed by atoms with van der Waals surface area (Å²) in [5, 5.41) is 18.2. The molecule has 4 rings (SSSR count). The number of carbonyl (C=O) groups excluding carboxylic acids is 7. The molecule has 0 bridgehead atoms. The molecule has 0 saturated heterocycles. The summed E-state index contributed by atoms with van der Waals surface area (Å²) >= 11 is 1.75. The maximum Gasteiger partial charge on any atom is 0.327 e. The van der Waals surface area contributed by atoms with E-state index in [9.17, 15) is 37.9 Å². The van der Waals surface area contributed by atoms with E-state index in [1.165, 1.54) is 209 Å². The largest absolute Gasteiger partial charge is 0.496 e. The lowest BCUT2D eigenvalue weighted by Gasteiger charge is -2.28. The lowest BCUT2D eigenvalue weighted by molar-refractivity contribution is -0.340. The van der Waals surface area contributed by atoms with Crippen LogP contribution >= 0.6 is 26.5 Å². The number of aromatic amines is 2. The summed E-state index contributed by atoms with van der Waals surface area (Å²) in [6.45, 7) is 71.9. The first-order valence-corrected chi connectivity index (χ1v) is 44.3. The second-order valence-electron chi connectivity index (χ2n) is 31.4. The average molecular weight is 1750 g/mol. The van der Waals surface area contributed by atoms with Crippen molar-refractivity contribution in [3.05, 3.63) is 89.8 Å². The zero-order valence-corrected chi connectivity index (χ0v) is 87.3. The minimum atomic E-state index is -2.65. The lowest BCUT2D eigenvalue weighted by atomic mass is 9.79. The number of aryl methyl sites for hydroxylation is 3. The SMILES string of the molecule is CC(=O)N(C)C.CC(=O)N(C)O.CC(C)=O.CC=O.COC.COC(C)(OC)OC.COC(C)=O.CON(C)C(C)=O.CON(C)C(C)=O.COP(C)(=O)OC.COc1c(C(C)(C)C)nc(C)c(C)c1C.COc1c(C)c(C)c(C)c(C)c1C(C)(C)C.CP(C)(C)=O.CSC.Cc1[nH]c(C(C)(C)C)c(C)c1C.Cc1[nH]nc(C(C)(C)C)c1C. The lowest BCUT2D eigenvalue weighted by Crippen LogP contribution is -2.31. The highest BCUT2D eigenvalue weighted by Crippen LogP contribution is 2.42. The van der Waals surface area contributed by atoms with Gasteiger partial charge >= 0.3 is 13.6 Å². The summed E-state index contributed by atoms with van der Waals surface area (Å²) in [5.74, 6) is 0.596. The number of rotatable bonds is 9. The number of amides is 4. The average Bonchev–Trinajstić information content (AvgIpc) is 1.46. The zero-order chi connectivity index (χ0) is 97.7. The molecule has 4 amide bonds. The van der Waals surface area contributed by atoms with E-state index in [1.54, 1.807) is 95.3 Å². The number of hydrogen-bond donors (Lipinski definition) is 3. The molecule has 0 unspecified atom stereocenters. The van der Waals surface area contributed by atoms with Gasteiger partial charge in [-0.1, -0.05) is 83.1 Å². The molecule has 3 N–H and O–H groups in total. The van der Waals surface area contributed by atoms with Gasteiger partial charge in [-0.15, -0.1) is 0 Å². The predicted molar refractivity (Wildman–Crippen MR) is 491 cm³/mol. The van der Waals surface area contributed by atoms with Crippen molar-refractivity contribution in [1.82, 2.24) is 40.3 Å². The first-order valence-electron chi connectivity index (χ1n) is 37.6. The summed E-state index contributed by atoms with van der Waals surface area (Å²) in [7, 11) is 21.8. The number of hydrogen-bond acceptors (Lipinski definition) is 24. The molecule has 3 aromatic heterocycles. The molecule has 698 valence electrons. The van der Waals surface area contributed by atoms with E-state index < -0.39 is 20.7 Å². The monoisotopic (exact) mass is 1750 g/mol. The van der Waals surface area contributed by atoms with Gasteiger partial charge in [-0.05, 0) is 192 Å². The molecule has 0 spiro atoms. The Labute approximate surface area is 721 Å². The fourth-order valence-corrected chi connectivity index (χ4v) is 7.66. The Kier molecular flexibility index (Phi) is 83.0. The van der Waals surface area contributed by atoms with E-state index in [1.807, 2.05) is 12.5 Å². The van der Waals surface area contributed by atoms with Crippen LogP contribution in [0.15, 0.2) is 0 Å². The van der Waals surface area contributed by atoms with Crippen LogP contribution in [-0.2, 0) is 107 Å². The Balaban J connectivity index is -0.000000104. The van der Waals surface area contributed by atoms with E-state index in [0.29, 0.717) is 5.06 Å². The van der Waals surface area contributed by atoms with Gasteiger partial charge in [0.25, 0.3) is 5.97 Å². The van der Waals surface area contributed by atoms with Crippen molar-refractivity contribution in [2.45, 2.75) is 256 Å². The molecule has 0 saturated carbocycles. The van der Waals surface area contributed by atoms with Gasteiger partial charge in [0.1, 0.15) is 23.6 Å². The zero-order valence-electron chi connectivity index (χ0n) is 84.7. The van der Waals surface area contributed by atoms with Gasteiger partial charge in [0.2, 0.25) is 23.6 Å². The standard InChI is InChI=1S/C15H24O.C13H21NO.C11H19N.C9H16N2.C5H12O3.2C4H9NO2.C4H9NO.C3H7NO2.C3H9O3P.C3H6O2.C3H9OP.C3H6O.C2H6O.C2H4O.C2H6S/c1-9-10(2)12(4)14(16-8)13(11(9)3)15(5,6)7;1-8-9(2)11(15-7)12(13(4,5)6)14-10(8)3;1-7-8(2)10(11(4,5)6)12-9(7)3;1-6-7(2)10-11-8(6)9(3,4)5;1-5(6-2,7-3)8-4;2*1-4(6)5(2)7-3;1-4(6)5(2)3;1-3(5)4(2)6;1-5-7(3,4)6-2;1-3(4)5-2;1-5(2,3)4;1-3(2)4;1-3-2;1-2-3;1-3-2/h1-8H3;1-7H3;12H,1-6H3;1-5H3,(H,10,11);1-4H3;2*1-3H3;1-3H3;6H,1-2H3;1-3H3;1-2H3;1-3H3;1-2H3;1-2H3;2H,1H3;1-2H3. The number of ketones is 1. The quantitative estimate of drug-likeness (QED) is 0.0350. The number of H-pyrrole nitrogens is 2. The Morgan fingerprint density at radius 3 is 0.881 bits per heavy atom. The number of ether oxygens (including phenoxy) is 7. The number of thioether (sulfide) groups is 1. The number of methoxy groups -OCH3 is 7. The number of pyridine rings is 1. The van der Waals surface area contributed by atoms with Crippen molar-refractivity contribution in [3.8, 4) is 11.5 Å². The van der Waals surface area contributed by atoms with Crippen LogP contribution in [0.1, 0.15) is 235 Å². The highest BCUT2D eigenvalue weighted by Gasteiger charge is 2.27. The molecule has 29 nitrogen and oxygen atoms in total. The van der Waals surface area contributed by atoms with Crippen molar-refractivity contribution in [2.75, 3.05) is 160 Å². The van der Waals surface area contributed by atoms with Gasteiger partial charge < -0.3 is 66.2 Å². The number of esters is 1. The summed E-state index contributed by atoms with van der Waals surface area (Å²) in [6.07, 6.45) is 4.83. The molecule has 0 fully saturated rings. The molecule has 0 aliphatic rings. The van der Waals surface area contributed by atoms with Crippen LogP contribution in [0.5, 0.6) is 11.5 Å². The van der Waals surface area contributed by atoms with E-state index >= 15 is 0 Å². The number of Topliss-reactive ketones (excluding diaryl/α,β-unsaturated/α-hetero) is 1. The number of carbonyl (C=O) groups is 7. The predicted octanol–water partition coefficient (Wildman–Crippen LogP) is 18.3. The smallest absolute Gasteiger partial charge is 0.327 e. The summed E-state index contributed by atoms with van der Waals surface area (Å²) < 4.78 is 63.4. The third kappa shape index (κ3) is 74.6. The third-order valence-electron chi connectivity index (χ3n) is 15.5. The van der Waals surface area contributed by atoms with Crippen LogP contribution < -0.4 is 9.47 Å². The molecule has 118 heavy (non-hydrogen) atoms. The Hall–Kier alpha value is -6.40. The van der Waals surface area contributed by atoms with Gasteiger partial charge in [0.05, 0.1) is 54.1 Å². The van der Waals surface area contributed by atoms with Crippen LogP contribution in [0.3, 0.4) is 0 Å². The van der Waals surface area contributed by atoms with Crippen molar-refractivity contribution in [1.29, 1.82) is 0 Å². The first kappa shape index (κ1) is 138. The van der Waals surface area contributed by atoms with Gasteiger partial charge in [-0.2, -0.15) is 16.9 Å². The molecule has 0 atom stereocenters. The summed E-state index contributed by atoms with van der Waals surface area (Å²) in [6, 6.07) is 0. The summed E-state index contributed by atoms with van der Waals surface area (Å²) in [4.78, 5) is 86.7. The minimum absolute atomic E-state index is 0.0224. The van der Waals surface area contributed by atoms with Gasteiger partial charge in [0.15, 0.2) is 0 Å². The number of nitrogens with zero attached hydrogens (tertiary/aromatic N) is 6. The molecule has 1 aromatic carbocycles. The van der Waals surface area contributed by atoms with Crippen molar-refractivity contribution >= 4 is 68.2 Å². The molecule has 3 heterocycles. The van der Waals surface area contributed by atoms with E-state index in [0.717, 1.165) is 39.3 Å². The third-order valence-corrected chi connectivity index (χ3v) is 16.9. The fourth-order valence-electron chi connectivity index (χ4n) is 7.51. The number of aldehydes is 1. The van der Waals surface area contributed by atoms with E-state index in [2.05, 4.69) is 215 Å². The van der Waals surface area contributed by atoms with Crippen molar-refractivity contribution < 1.29 is 99.8 Å². The number of nitrogens with one attached hydrogen (secondary N) is 2. The number of aromatic nitrogens is 4. The van der Waals surface area contributed by atoms with Crippen LogP contribution in [0.25, 0.3) is 0 Å². The Morgan fingerprint density at radius 1 is 0.458 bits per heavy atom. The summed E-state index contributed by atoms with van der Waals surface area (Å²) in [5.41, 5.74) is 21.0. The molecule has 0 radical (unpaired) electrons. The topological polar surface area (TPSA) is 346 Å². The Bertz CT molecular complexity index is 3410. The Morgan fingerprint density at radius 2 is 0.746 bits per heavy atom. The normalized spacial score (nSPS) is 10.2. The van der Waals surface area contributed by atoms with E-state index in [-0.39, 0.29) is 57.0 Å². The molecule has 0 aliphatic heterocycles. The highest BCUT2D eigenvalue weighted by atomic mass is 32.2. The van der Waals surface area contributed by atoms with Crippen LogP contribution in [0, 0.1) is 83.1 Å². The van der Waals surface area contributed by atoms with Crippen LogP contribution in [-0.4, -0.2) is 253 Å². The molecular weight excluding hydrogens is 1570 g/mol. The maximum atomic E-state index is 10.5. The number of benzene rings is 1. The van der Waals surface area contributed by atoms with Crippen molar-refractivity contribution in [3.63, 3.8) is 0 Å². The van der Waals surface area contributed by atoms with Gasteiger partial charge in [0, 0.05) is 178 Å². The fraction of sp³-hybridized carbons (Fsp3) is 0.709. The van der Waals surface area contributed by atoms with Gasteiger partial charge in [-0.3, -0.25) is 53.5 Å².